The second-order valence-corrected chi connectivity index (χ2v) is 7.38. The average Bonchev–Trinajstić information content (AvgIpc) is 2.81. The van der Waals surface area contributed by atoms with Crippen molar-refractivity contribution in [3.8, 4) is 11.5 Å². The lowest BCUT2D eigenvalue weighted by atomic mass is 10.0. The summed E-state index contributed by atoms with van der Waals surface area (Å²) in [6.07, 6.45) is 0. The Morgan fingerprint density at radius 1 is 1.22 bits per heavy atom. The monoisotopic (exact) mass is 328 g/mol. The highest BCUT2D eigenvalue weighted by molar-refractivity contribution is 7.11. The van der Waals surface area contributed by atoms with Gasteiger partial charge in [0.2, 0.25) is 0 Å². The predicted octanol–water partition coefficient (Wildman–Crippen LogP) is 3.00. The van der Waals surface area contributed by atoms with Crippen molar-refractivity contribution in [2.45, 2.75) is 33.7 Å². The first kappa shape index (κ1) is 15.8. The summed E-state index contributed by atoms with van der Waals surface area (Å²) in [5.41, 5.74) is 9.38. The van der Waals surface area contributed by atoms with Crippen molar-refractivity contribution >= 4 is 22.2 Å². The van der Waals surface area contributed by atoms with Gasteiger partial charge in [0.05, 0.1) is 15.9 Å². The maximum absolute atomic E-state index is 12.8. The number of hydrogen-bond acceptors (Lipinski definition) is 5. The zero-order valence-corrected chi connectivity index (χ0v) is 14.8. The van der Waals surface area contributed by atoms with Crippen LogP contribution >= 0.6 is 11.3 Å². The van der Waals surface area contributed by atoms with E-state index in [-0.39, 0.29) is 11.6 Å². The van der Waals surface area contributed by atoms with Crippen LogP contribution in [0, 0.1) is 20.8 Å². The molecule has 0 aliphatic rings. The highest BCUT2D eigenvalue weighted by atomic mass is 32.1. The smallest absolute Gasteiger partial charge is 0.261 e. The Bertz CT molecular complexity index is 969. The highest BCUT2D eigenvalue weighted by Gasteiger charge is 2.18. The molecular weight excluding hydrogens is 308 g/mol. The molecule has 0 unspecified atom stereocenters. The molecule has 2 heterocycles. The first-order valence-corrected chi connectivity index (χ1v) is 8.32. The van der Waals surface area contributed by atoms with Crippen molar-refractivity contribution in [2.24, 2.45) is 12.8 Å². The fourth-order valence-corrected chi connectivity index (χ4v) is 3.66. The van der Waals surface area contributed by atoms with E-state index in [0.717, 1.165) is 26.7 Å². The summed E-state index contributed by atoms with van der Waals surface area (Å²) in [6, 6.07) is 3.69. The molecule has 1 atom stereocenters. The molecule has 5 nitrogen and oxygen atoms in total. The van der Waals surface area contributed by atoms with Crippen LogP contribution in [0.5, 0.6) is 0 Å². The van der Waals surface area contributed by atoms with E-state index in [2.05, 4.69) is 4.98 Å². The lowest BCUT2D eigenvalue weighted by Crippen LogP contribution is -2.22. The van der Waals surface area contributed by atoms with Gasteiger partial charge in [-0.05, 0) is 44.9 Å². The minimum Gasteiger partial charge on any atom is -0.324 e. The third-order valence-corrected chi connectivity index (χ3v) is 4.85. The molecule has 0 fully saturated rings. The maximum Gasteiger partial charge on any atom is 0.261 e. The number of benzene rings is 1. The molecule has 0 saturated carbocycles. The van der Waals surface area contributed by atoms with E-state index in [1.165, 1.54) is 0 Å². The van der Waals surface area contributed by atoms with E-state index in [1.807, 2.05) is 39.8 Å². The summed E-state index contributed by atoms with van der Waals surface area (Å²) in [6.45, 7) is 7.83. The Kier molecular flexibility index (Phi) is 3.82. The van der Waals surface area contributed by atoms with Crippen LogP contribution in [0.4, 0.5) is 0 Å². The van der Waals surface area contributed by atoms with E-state index in [4.69, 9.17) is 10.7 Å². The third-order valence-electron chi connectivity index (χ3n) is 3.96. The Balaban J connectivity index is 2.44. The van der Waals surface area contributed by atoms with Gasteiger partial charge in [-0.15, -0.1) is 11.3 Å². The van der Waals surface area contributed by atoms with Gasteiger partial charge in [-0.25, -0.2) is 9.97 Å². The number of hydrogen-bond donors (Lipinski definition) is 1. The van der Waals surface area contributed by atoms with Crippen molar-refractivity contribution in [3.05, 3.63) is 43.5 Å². The maximum atomic E-state index is 12.8. The van der Waals surface area contributed by atoms with E-state index in [0.29, 0.717) is 16.7 Å². The summed E-state index contributed by atoms with van der Waals surface area (Å²) >= 11 is 1.61. The van der Waals surface area contributed by atoms with Gasteiger partial charge in [-0.2, -0.15) is 0 Å². The van der Waals surface area contributed by atoms with Gasteiger partial charge in [0, 0.05) is 18.0 Å². The van der Waals surface area contributed by atoms with E-state index in [9.17, 15) is 4.79 Å². The molecular formula is C17H20N4OS. The number of thiazole rings is 1. The minimum absolute atomic E-state index is 0.0688. The summed E-state index contributed by atoms with van der Waals surface area (Å²) in [4.78, 5) is 23.2. The fraction of sp³-hybridized carbons (Fsp3) is 0.353. The van der Waals surface area contributed by atoms with Gasteiger partial charge < -0.3 is 5.73 Å². The van der Waals surface area contributed by atoms with Crippen LogP contribution in [0.3, 0.4) is 0 Å². The van der Waals surface area contributed by atoms with Gasteiger partial charge in [0.1, 0.15) is 5.69 Å². The molecule has 0 aliphatic heterocycles. The standard InChI is InChI=1S/C17H20N4OS/c1-8-6-12(9(2)18)15-13(7-8)17(22)21(5)16(20-15)14-10(3)23-11(4)19-14/h6-7,9H,18H2,1-5H3/t9-/m1/s1. The summed E-state index contributed by atoms with van der Waals surface area (Å²) in [5.74, 6) is 0.593. The van der Waals surface area contributed by atoms with Crippen LogP contribution in [-0.4, -0.2) is 14.5 Å². The minimum atomic E-state index is -0.192. The molecule has 6 heteroatoms. The van der Waals surface area contributed by atoms with Gasteiger partial charge in [0.15, 0.2) is 5.82 Å². The quantitative estimate of drug-likeness (QED) is 0.785. The SMILES string of the molecule is Cc1cc([C@@H](C)N)c2nc(-c3nc(C)sc3C)n(C)c(=O)c2c1. The lowest BCUT2D eigenvalue weighted by Gasteiger charge is -2.14. The largest absolute Gasteiger partial charge is 0.324 e. The molecule has 0 aliphatic carbocycles. The zero-order chi connectivity index (χ0) is 16.9. The van der Waals surface area contributed by atoms with Crippen molar-refractivity contribution in [3.63, 3.8) is 0 Å². The molecule has 2 N–H and O–H groups in total. The van der Waals surface area contributed by atoms with Gasteiger partial charge in [0.25, 0.3) is 5.56 Å². The van der Waals surface area contributed by atoms with Crippen LogP contribution in [0.25, 0.3) is 22.4 Å². The van der Waals surface area contributed by atoms with Crippen LogP contribution in [0.15, 0.2) is 16.9 Å². The van der Waals surface area contributed by atoms with E-state index < -0.39 is 0 Å². The van der Waals surface area contributed by atoms with E-state index >= 15 is 0 Å². The molecule has 0 spiro atoms. The number of aryl methyl sites for hydroxylation is 3. The topological polar surface area (TPSA) is 73.8 Å². The molecule has 3 aromatic rings. The first-order chi connectivity index (χ1) is 10.8. The zero-order valence-electron chi connectivity index (χ0n) is 14.0. The number of fused-ring (bicyclic) bond motifs is 1. The summed E-state index contributed by atoms with van der Waals surface area (Å²) in [7, 11) is 1.74. The summed E-state index contributed by atoms with van der Waals surface area (Å²) in [5, 5.41) is 1.57. The Morgan fingerprint density at radius 2 is 1.91 bits per heavy atom. The lowest BCUT2D eigenvalue weighted by molar-refractivity contribution is 0.812. The highest BCUT2D eigenvalue weighted by Crippen LogP contribution is 2.28. The van der Waals surface area contributed by atoms with Crippen molar-refractivity contribution < 1.29 is 0 Å². The molecule has 2 aromatic heterocycles. The second-order valence-electron chi connectivity index (χ2n) is 5.98. The molecule has 0 saturated heterocycles. The van der Waals surface area contributed by atoms with Gasteiger partial charge >= 0.3 is 0 Å². The number of rotatable bonds is 2. The summed E-state index contributed by atoms with van der Waals surface area (Å²) < 4.78 is 1.58. The number of aromatic nitrogens is 3. The Morgan fingerprint density at radius 3 is 2.48 bits per heavy atom. The molecule has 3 rings (SSSR count). The van der Waals surface area contributed by atoms with Gasteiger partial charge in [-0.1, -0.05) is 6.07 Å². The average molecular weight is 328 g/mol. The van der Waals surface area contributed by atoms with Crippen LogP contribution in [-0.2, 0) is 7.05 Å². The van der Waals surface area contributed by atoms with Crippen LogP contribution < -0.4 is 11.3 Å². The molecule has 23 heavy (non-hydrogen) atoms. The number of nitrogens with zero attached hydrogens (tertiary/aromatic N) is 3. The molecule has 0 radical (unpaired) electrons. The Hall–Kier alpha value is -2.05. The third kappa shape index (κ3) is 2.58. The fourth-order valence-electron chi connectivity index (χ4n) is 2.85. The van der Waals surface area contributed by atoms with E-state index in [1.54, 1.807) is 23.0 Å². The normalized spacial score (nSPS) is 12.8. The van der Waals surface area contributed by atoms with Crippen LogP contribution in [0.1, 0.15) is 34.0 Å². The molecule has 0 amide bonds. The Labute approximate surface area is 138 Å². The van der Waals surface area contributed by atoms with Crippen molar-refractivity contribution in [2.75, 3.05) is 0 Å². The number of nitrogens with two attached hydrogens (primary N) is 1. The first-order valence-electron chi connectivity index (χ1n) is 7.51. The van der Waals surface area contributed by atoms with Gasteiger partial charge in [-0.3, -0.25) is 9.36 Å². The molecule has 120 valence electrons. The molecule has 1 aromatic carbocycles. The van der Waals surface area contributed by atoms with Crippen molar-refractivity contribution in [1.82, 2.24) is 14.5 Å². The predicted molar refractivity (Wildman–Crippen MR) is 94.9 cm³/mol. The second kappa shape index (κ2) is 5.54. The van der Waals surface area contributed by atoms with Crippen LogP contribution in [0.2, 0.25) is 0 Å². The van der Waals surface area contributed by atoms with Crippen molar-refractivity contribution in [1.29, 1.82) is 0 Å². The molecule has 0 bridgehead atoms.